The van der Waals surface area contributed by atoms with Crippen LogP contribution in [0.4, 0.5) is 5.69 Å². The third-order valence-corrected chi connectivity index (χ3v) is 4.34. The van der Waals surface area contributed by atoms with E-state index in [1.807, 2.05) is 24.4 Å². The molecule has 6 heteroatoms. The standard InChI is InChI=1S/C13H12Cl2N2OS/c1-7(11-3-2-4-19-11)17-13(18)8-5-9(14)12(16)10(15)6-8/h2-7H,16H2,1H3,(H,17,18)/t7-/m0/s1. The molecule has 0 unspecified atom stereocenters. The second-order valence-electron chi connectivity index (χ2n) is 4.06. The molecule has 19 heavy (non-hydrogen) atoms. The SMILES string of the molecule is C[C@H](NC(=O)c1cc(Cl)c(N)c(Cl)c1)c1cccs1. The predicted molar refractivity (Wildman–Crippen MR) is 81.1 cm³/mol. The summed E-state index contributed by atoms with van der Waals surface area (Å²) in [6.07, 6.45) is 0. The molecule has 0 fully saturated rings. The fraction of sp³-hybridized carbons (Fsp3) is 0.154. The zero-order valence-electron chi connectivity index (χ0n) is 10.1. The number of nitrogen functional groups attached to an aromatic ring is 1. The fourth-order valence-corrected chi connectivity index (χ4v) is 2.83. The quantitative estimate of drug-likeness (QED) is 0.837. The topological polar surface area (TPSA) is 55.1 Å². The third-order valence-electron chi connectivity index (χ3n) is 2.66. The van der Waals surface area contributed by atoms with E-state index < -0.39 is 0 Å². The molecular weight excluding hydrogens is 303 g/mol. The van der Waals surface area contributed by atoms with Gasteiger partial charge in [-0.25, -0.2) is 0 Å². The Morgan fingerprint density at radius 1 is 1.37 bits per heavy atom. The molecule has 2 rings (SSSR count). The van der Waals surface area contributed by atoms with Gasteiger partial charge in [0.1, 0.15) is 0 Å². The zero-order chi connectivity index (χ0) is 14.0. The Morgan fingerprint density at radius 3 is 2.53 bits per heavy atom. The van der Waals surface area contributed by atoms with Crippen molar-refractivity contribution in [1.82, 2.24) is 5.32 Å². The van der Waals surface area contributed by atoms with Crippen molar-refractivity contribution < 1.29 is 4.79 Å². The highest BCUT2D eigenvalue weighted by Gasteiger charge is 2.14. The Labute approximate surface area is 125 Å². The van der Waals surface area contributed by atoms with Gasteiger partial charge in [-0.15, -0.1) is 11.3 Å². The number of nitrogens with one attached hydrogen (secondary N) is 1. The summed E-state index contributed by atoms with van der Waals surface area (Å²) >= 11 is 13.4. The van der Waals surface area contributed by atoms with Gasteiger partial charge in [0.05, 0.1) is 21.8 Å². The summed E-state index contributed by atoms with van der Waals surface area (Å²) in [4.78, 5) is 13.2. The van der Waals surface area contributed by atoms with Crippen molar-refractivity contribution in [3.63, 3.8) is 0 Å². The Hall–Kier alpha value is -1.23. The smallest absolute Gasteiger partial charge is 0.251 e. The van der Waals surface area contributed by atoms with Crippen LogP contribution in [0.5, 0.6) is 0 Å². The van der Waals surface area contributed by atoms with E-state index in [0.29, 0.717) is 5.56 Å². The number of anilines is 1. The minimum absolute atomic E-state index is 0.0670. The summed E-state index contributed by atoms with van der Waals surface area (Å²) < 4.78 is 0. The summed E-state index contributed by atoms with van der Waals surface area (Å²) in [6.45, 7) is 1.92. The Bertz CT molecular complexity index is 576. The van der Waals surface area contributed by atoms with Crippen LogP contribution in [0, 0.1) is 0 Å². The maximum absolute atomic E-state index is 12.1. The van der Waals surface area contributed by atoms with E-state index in [2.05, 4.69) is 5.32 Å². The molecule has 2 aromatic rings. The van der Waals surface area contributed by atoms with E-state index in [1.54, 1.807) is 11.3 Å². The van der Waals surface area contributed by atoms with E-state index in [0.717, 1.165) is 4.88 Å². The number of benzene rings is 1. The molecule has 0 spiro atoms. The van der Waals surface area contributed by atoms with Crippen LogP contribution in [-0.2, 0) is 0 Å². The molecule has 3 N–H and O–H groups in total. The lowest BCUT2D eigenvalue weighted by Gasteiger charge is -2.13. The second kappa shape index (κ2) is 5.82. The first-order valence-corrected chi connectivity index (χ1v) is 7.21. The molecule has 0 aliphatic heterocycles. The van der Waals surface area contributed by atoms with E-state index in [-0.39, 0.29) is 27.7 Å². The molecule has 100 valence electrons. The Balaban J connectivity index is 2.16. The predicted octanol–water partition coefficient (Wildman–Crippen LogP) is 4.13. The van der Waals surface area contributed by atoms with Gasteiger partial charge in [-0.1, -0.05) is 29.3 Å². The van der Waals surface area contributed by atoms with Gasteiger partial charge in [-0.3, -0.25) is 4.79 Å². The van der Waals surface area contributed by atoms with Crippen LogP contribution in [-0.4, -0.2) is 5.91 Å². The molecule has 0 aliphatic rings. The minimum atomic E-state index is -0.232. The van der Waals surface area contributed by atoms with Crippen molar-refractivity contribution in [3.05, 3.63) is 50.1 Å². The van der Waals surface area contributed by atoms with E-state index >= 15 is 0 Å². The average molecular weight is 315 g/mol. The third kappa shape index (κ3) is 3.21. The van der Waals surface area contributed by atoms with Gasteiger partial charge in [0.25, 0.3) is 5.91 Å². The highest BCUT2D eigenvalue weighted by molar-refractivity contribution is 7.10. The van der Waals surface area contributed by atoms with E-state index in [1.165, 1.54) is 12.1 Å². The van der Waals surface area contributed by atoms with Crippen molar-refractivity contribution in [1.29, 1.82) is 0 Å². The van der Waals surface area contributed by atoms with Crippen LogP contribution in [0.2, 0.25) is 10.0 Å². The summed E-state index contributed by atoms with van der Waals surface area (Å²) in [6, 6.07) is 6.87. The zero-order valence-corrected chi connectivity index (χ0v) is 12.4. The second-order valence-corrected chi connectivity index (χ2v) is 5.86. The molecule has 1 aromatic heterocycles. The highest BCUT2D eigenvalue weighted by atomic mass is 35.5. The van der Waals surface area contributed by atoms with Crippen molar-refractivity contribution in [2.75, 3.05) is 5.73 Å². The Kier molecular flexibility index (Phi) is 4.34. The molecule has 1 heterocycles. The molecular formula is C13H12Cl2N2OS. The van der Waals surface area contributed by atoms with Crippen LogP contribution in [0.15, 0.2) is 29.6 Å². The first-order chi connectivity index (χ1) is 8.99. The molecule has 0 radical (unpaired) electrons. The lowest BCUT2D eigenvalue weighted by molar-refractivity contribution is 0.0940. The van der Waals surface area contributed by atoms with Crippen LogP contribution in [0.1, 0.15) is 28.2 Å². The van der Waals surface area contributed by atoms with Gasteiger partial charge in [0.15, 0.2) is 0 Å². The number of rotatable bonds is 3. The molecule has 0 bridgehead atoms. The maximum atomic E-state index is 12.1. The van der Waals surface area contributed by atoms with E-state index in [4.69, 9.17) is 28.9 Å². The van der Waals surface area contributed by atoms with Crippen molar-refractivity contribution in [2.45, 2.75) is 13.0 Å². The number of amides is 1. The number of hydrogen-bond acceptors (Lipinski definition) is 3. The van der Waals surface area contributed by atoms with Crippen molar-refractivity contribution in [2.24, 2.45) is 0 Å². The lowest BCUT2D eigenvalue weighted by Crippen LogP contribution is -2.26. The van der Waals surface area contributed by atoms with Crippen LogP contribution < -0.4 is 11.1 Å². The normalized spacial score (nSPS) is 12.2. The number of thiophene rings is 1. The molecule has 0 saturated heterocycles. The van der Waals surface area contributed by atoms with Gasteiger partial charge in [-0.05, 0) is 30.5 Å². The van der Waals surface area contributed by atoms with Gasteiger partial charge < -0.3 is 11.1 Å². The molecule has 0 aliphatic carbocycles. The lowest BCUT2D eigenvalue weighted by atomic mass is 10.1. The van der Waals surface area contributed by atoms with Gasteiger partial charge in [-0.2, -0.15) is 0 Å². The maximum Gasteiger partial charge on any atom is 0.251 e. The van der Waals surface area contributed by atoms with Crippen LogP contribution in [0.25, 0.3) is 0 Å². The first-order valence-electron chi connectivity index (χ1n) is 5.58. The van der Waals surface area contributed by atoms with Gasteiger partial charge in [0.2, 0.25) is 0 Å². The number of carbonyl (C=O) groups excluding carboxylic acids is 1. The van der Waals surface area contributed by atoms with Crippen molar-refractivity contribution >= 4 is 46.1 Å². The van der Waals surface area contributed by atoms with Gasteiger partial charge >= 0.3 is 0 Å². The molecule has 0 saturated carbocycles. The largest absolute Gasteiger partial charge is 0.396 e. The van der Waals surface area contributed by atoms with Crippen LogP contribution in [0.3, 0.4) is 0 Å². The van der Waals surface area contributed by atoms with Gasteiger partial charge in [0, 0.05) is 10.4 Å². The monoisotopic (exact) mass is 314 g/mol. The summed E-state index contributed by atoms with van der Waals surface area (Å²) in [7, 11) is 0. The number of nitrogens with two attached hydrogens (primary N) is 1. The molecule has 1 amide bonds. The highest BCUT2D eigenvalue weighted by Crippen LogP contribution is 2.29. The molecule has 1 atom stereocenters. The summed E-state index contributed by atoms with van der Waals surface area (Å²) in [5.41, 5.74) is 6.31. The van der Waals surface area contributed by atoms with E-state index in [9.17, 15) is 4.79 Å². The summed E-state index contributed by atoms with van der Waals surface area (Å²) in [5.74, 6) is -0.232. The summed E-state index contributed by atoms with van der Waals surface area (Å²) in [5, 5.41) is 5.41. The average Bonchev–Trinajstić information content (AvgIpc) is 2.89. The van der Waals surface area contributed by atoms with Crippen molar-refractivity contribution in [3.8, 4) is 0 Å². The Morgan fingerprint density at radius 2 is 2.00 bits per heavy atom. The number of carbonyl (C=O) groups is 1. The number of halogens is 2. The van der Waals surface area contributed by atoms with Crippen LogP contribution >= 0.6 is 34.5 Å². The number of hydrogen-bond donors (Lipinski definition) is 2. The molecule has 1 aromatic carbocycles. The first kappa shape index (κ1) is 14.2. The minimum Gasteiger partial charge on any atom is -0.396 e. The molecule has 3 nitrogen and oxygen atoms in total. The fourth-order valence-electron chi connectivity index (χ4n) is 1.60.